The molecule has 190 valence electrons. The number of aliphatic hydroxyl groups is 1. The van der Waals surface area contributed by atoms with Gasteiger partial charge in [0.05, 0.1) is 5.57 Å². The quantitative estimate of drug-likeness (QED) is 0.243. The second kappa shape index (κ2) is 12.5. The first-order chi connectivity index (χ1) is 15.7. The Morgan fingerprint density at radius 3 is 1.44 bits per heavy atom. The van der Waals surface area contributed by atoms with E-state index in [1.807, 2.05) is 69.2 Å². The highest BCUT2D eigenvalue weighted by atomic mass is 16.3. The highest BCUT2D eigenvalue weighted by molar-refractivity contribution is 6.23. The maximum absolute atomic E-state index is 14.1. The summed E-state index contributed by atoms with van der Waals surface area (Å²) < 4.78 is 0. The summed E-state index contributed by atoms with van der Waals surface area (Å²) in [6.07, 6.45) is 11.6. The molecular formula is C31H48O3. The van der Waals surface area contributed by atoms with E-state index in [-0.39, 0.29) is 35.2 Å². The van der Waals surface area contributed by atoms with Crippen LogP contribution >= 0.6 is 0 Å². The van der Waals surface area contributed by atoms with E-state index in [2.05, 4.69) is 24.3 Å². The zero-order chi connectivity index (χ0) is 26.3. The topological polar surface area (TPSA) is 54.4 Å². The molecule has 0 spiro atoms. The van der Waals surface area contributed by atoms with Crippen molar-refractivity contribution < 1.29 is 14.7 Å². The van der Waals surface area contributed by atoms with Crippen molar-refractivity contribution in [1.82, 2.24) is 0 Å². The van der Waals surface area contributed by atoms with Crippen LogP contribution in [0, 0.1) is 16.7 Å². The number of carbonyl (C=O) groups is 2. The zero-order valence-corrected chi connectivity index (χ0v) is 23.4. The highest BCUT2D eigenvalue weighted by Crippen LogP contribution is 2.55. The third-order valence-electron chi connectivity index (χ3n) is 6.60. The van der Waals surface area contributed by atoms with E-state index in [1.165, 1.54) is 0 Å². The number of ketones is 2. The third kappa shape index (κ3) is 7.96. The lowest BCUT2D eigenvalue weighted by molar-refractivity contribution is -0.132. The molecule has 0 amide bonds. The van der Waals surface area contributed by atoms with Gasteiger partial charge in [-0.15, -0.1) is 0 Å². The predicted octanol–water partition coefficient (Wildman–Crippen LogP) is 8.78. The lowest BCUT2D eigenvalue weighted by Crippen LogP contribution is -2.46. The van der Waals surface area contributed by atoms with Gasteiger partial charge in [-0.25, -0.2) is 0 Å². The van der Waals surface area contributed by atoms with Crippen molar-refractivity contribution in [3.63, 3.8) is 0 Å². The second-order valence-electron chi connectivity index (χ2n) is 11.8. The van der Waals surface area contributed by atoms with Crippen molar-refractivity contribution in [3.8, 4) is 0 Å². The molecular weight excluding hydrogens is 420 g/mol. The van der Waals surface area contributed by atoms with Gasteiger partial charge in [-0.2, -0.15) is 0 Å². The SMILES string of the molecule is CC(C)=CCC1(CC=C(C)C)CC(CC=C(C)C)(CC=C(C)C)C(O)=C(C(=O)CC(C)C)C1=O. The lowest BCUT2D eigenvalue weighted by atomic mass is 9.56. The van der Waals surface area contributed by atoms with Gasteiger partial charge in [0.25, 0.3) is 0 Å². The first-order valence-corrected chi connectivity index (χ1v) is 12.7. The summed E-state index contributed by atoms with van der Waals surface area (Å²) in [6, 6.07) is 0. The Morgan fingerprint density at radius 1 is 0.765 bits per heavy atom. The van der Waals surface area contributed by atoms with Gasteiger partial charge in [-0.1, -0.05) is 60.4 Å². The van der Waals surface area contributed by atoms with Crippen LogP contribution in [0.3, 0.4) is 0 Å². The van der Waals surface area contributed by atoms with Crippen molar-refractivity contribution >= 4 is 11.6 Å². The monoisotopic (exact) mass is 468 g/mol. The van der Waals surface area contributed by atoms with E-state index in [0.29, 0.717) is 32.1 Å². The average molecular weight is 469 g/mol. The van der Waals surface area contributed by atoms with E-state index >= 15 is 0 Å². The Morgan fingerprint density at radius 2 is 1.12 bits per heavy atom. The van der Waals surface area contributed by atoms with Gasteiger partial charge in [0.15, 0.2) is 11.6 Å². The van der Waals surface area contributed by atoms with Crippen molar-refractivity contribution in [2.45, 2.75) is 108 Å². The summed E-state index contributed by atoms with van der Waals surface area (Å²) in [5.41, 5.74) is 3.23. The van der Waals surface area contributed by atoms with Crippen molar-refractivity contribution in [2.75, 3.05) is 0 Å². The molecule has 1 rings (SSSR count). The fourth-order valence-corrected chi connectivity index (χ4v) is 4.61. The van der Waals surface area contributed by atoms with Crippen molar-refractivity contribution in [2.24, 2.45) is 16.7 Å². The Bertz CT molecular complexity index is 862. The smallest absolute Gasteiger partial charge is 0.176 e. The second-order valence-corrected chi connectivity index (χ2v) is 11.8. The molecule has 0 aromatic rings. The van der Waals surface area contributed by atoms with Crippen LogP contribution in [-0.4, -0.2) is 16.7 Å². The van der Waals surface area contributed by atoms with Crippen LogP contribution in [0.2, 0.25) is 0 Å². The van der Waals surface area contributed by atoms with E-state index in [9.17, 15) is 14.7 Å². The van der Waals surface area contributed by atoms with E-state index in [1.54, 1.807) is 0 Å². The van der Waals surface area contributed by atoms with Crippen LogP contribution < -0.4 is 0 Å². The largest absolute Gasteiger partial charge is 0.511 e. The minimum atomic E-state index is -0.756. The zero-order valence-electron chi connectivity index (χ0n) is 23.4. The predicted molar refractivity (Wildman–Crippen MR) is 145 cm³/mol. The molecule has 0 fully saturated rings. The van der Waals surface area contributed by atoms with Gasteiger partial charge in [0, 0.05) is 17.3 Å². The molecule has 1 N–H and O–H groups in total. The Labute approximate surface area is 208 Å². The summed E-state index contributed by atoms with van der Waals surface area (Å²) in [5, 5.41) is 11.7. The summed E-state index contributed by atoms with van der Waals surface area (Å²) in [6.45, 7) is 20.3. The third-order valence-corrected chi connectivity index (χ3v) is 6.60. The van der Waals surface area contributed by atoms with Gasteiger partial charge >= 0.3 is 0 Å². The van der Waals surface area contributed by atoms with Crippen molar-refractivity contribution in [3.05, 3.63) is 57.9 Å². The number of aliphatic hydroxyl groups excluding tert-OH is 1. The minimum Gasteiger partial charge on any atom is -0.511 e. The summed E-state index contributed by atoms with van der Waals surface area (Å²) in [4.78, 5) is 27.6. The Hall–Kier alpha value is -2.16. The molecule has 0 heterocycles. The van der Waals surface area contributed by atoms with Crippen LogP contribution in [0.25, 0.3) is 0 Å². The molecule has 0 radical (unpaired) electrons. The molecule has 3 heteroatoms. The molecule has 1 aliphatic rings. The van der Waals surface area contributed by atoms with Gasteiger partial charge in [-0.3, -0.25) is 9.59 Å². The van der Waals surface area contributed by atoms with E-state index in [0.717, 1.165) is 22.3 Å². The molecule has 0 aromatic carbocycles. The summed E-state index contributed by atoms with van der Waals surface area (Å²) in [5.74, 6) is -0.300. The Balaban J connectivity index is 3.98. The van der Waals surface area contributed by atoms with E-state index < -0.39 is 10.8 Å². The number of hydrogen-bond acceptors (Lipinski definition) is 3. The fourth-order valence-electron chi connectivity index (χ4n) is 4.61. The molecule has 0 unspecified atom stereocenters. The number of carbonyl (C=O) groups excluding carboxylic acids is 2. The molecule has 0 saturated carbocycles. The maximum Gasteiger partial charge on any atom is 0.176 e. The number of hydrogen-bond donors (Lipinski definition) is 1. The van der Waals surface area contributed by atoms with Crippen LogP contribution in [0.15, 0.2) is 57.9 Å². The molecule has 0 saturated heterocycles. The molecule has 0 bridgehead atoms. The summed E-state index contributed by atoms with van der Waals surface area (Å²) in [7, 11) is 0. The van der Waals surface area contributed by atoms with Crippen LogP contribution in [0.5, 0.6) is 0 Å². The number of Topliss-reactive ketones (excluding diaryl/α,β-unsaturated/α-hetero) is 2. The lowest BCUT2D eigenvalue weighted by Gasteiger charge is -2.46. The van der Waals surface area contributed by atoms with Crippen LogP contribution in [0.1, 0.15) is 108 Å². The van der Waals surface area contributed by atoms with E-state index in [4.69, 9.17) is 0 Å². The maximum atomic E-state index is 14.1. The van der Waals surface area contributed by atoms with Crippen molar-refractivity contribution in [1.29, 1.82) is 0 Å². The molecule has 3 nitrogen and oxygen atoms in total. The first kappa shape index (κ1) is 29.9. The van der Waals surface area contributed by atoms with Crippen LogP contribution in [-0.2, 0) is 9.59 Å². The molecule has 34 heavy (non-hydrogen) atoms. The average Bonchev–Trinajstić information content (AvgIpc) is 2.70. The summed E-state index contributed by atoms with van der Waals surface area (Å²) >= 11 is 0. The first-order valence-electron chi connectivity index (χ1n) is 12.7. The Kier molecular flexibility index (Phi) is 11.0. The van der Waals surface area contributed by atoms with Gasteiger partial charge < -0.3 is 5.11 Å². The molecule has 0 atom stereocenters. The number of allylic oxidation sites excluding steroid dienone is 10. The standard InChI is InChI=1S/C31H48O3/c1-21(2)11-15-30(16-12-22(3)4)20-31(17-13-23(5)6,18-14-24(7)8)29(34)27(28(30)33)26(32)19-25(9)10/h11-14,25,33H,15-20H2,1-10H3. The van der Waals surface area contributed by atoms with Gasteiger partial charge in [0.2, 0.25) is 0 Å². The van der Waals surface area contributed by atoms with Crippen LogP contribution in [0.4, 0.5) is 0 Å². The normalized spacial score (nSPS) is 16.7. The molecule has 0 aliphatic heterocycles. The number of rotatable bonds is 11. The van der Waals surface area contributed by atoms with Gasteiger partial charge in [0.1, 0.15) is 5.76 Å². The van der Waals surface area contributed by atoms with Gasteiger partial charge in [-0.05, 0) is 93.4 Å². The molecule has 0 aromatic heterocycles. The molecule has 1 aliphatic carbocycles. The minimum absolute atomic E-state index is 0.00294. The highest BCUT2D eigenvalue weighted by Gasteiger charge is 2.54. The fraction of sp³-hybridized carbons (Fsp3) is 0.613.